The molecule has 1 aliphatic rings. The Kier molecular flexibility index (Phi) is 5.03. The predicted molar refractivity (Wildman–Crippen MR) is 94.5 cm³/mol. The highest BCUT2D eigenvalue weighted by Gasteiger charge is 2.27. The van der Waals surface area contributed by atoms with Crippen LogP contribution < -0.4 is 4.90 Å². The van der Waals surface area contributed by atoms with Crippen LogP contribution >= 0.6 is 0 Å². The molecule has 3 aromatic heterocycles. The number of anilines is 1. The van der Waals surface area contributed by atoms with Gasteiger partial charge in [0.1, 0.15) is 18.2 Å². The summed E-state index contributed by atoms with van der Waals surface area (Å²) in [5.74, 6) is 2.10. The van der Waals surface area contributed by atoms with Crippen LogP contribution in [0.15, 0.2) is 24.8 Å². The molecule has 11 heteroatoms. The average Bonchev–Trinajstić information content (AvgIpc) is 3.36. The Hall–Kier alpha value is -2.92. The molecule has 1 aliphatic heterocycles. The van der Waals surface area contributed by atoms with Gasteiger partial charge in [0.2, 0.25) is 5.82 Å². The van der Waals surface area contributed by atoms with Gasteiger partial charge in [-0.1, -0.05) is 0 Å². The Balaban J connectivity index is 1.49. The molecule has 1 saturated heterocycles. The van der Waals surface area contributed by atoms with Crippen molar-refractivity contribution < 1.29 is 9.47 Å². The number of ether oxygens (including phenoxy) is 2. The molecule has 0 saturated carbocycles. The van der Waals surface area contributed by atoms with E-state index in [1.54, 1.807) is 24.3 Å². The lowest BCUT2D eigenvalue weighted by atomic mass is 10.2. The van der Waals surface area contributed by atoms with Crippen LogP contribution in [0.4, 0.5) is 5.82 Å². The molecule has 11 nitrogen and oxygen atoms in total. The van der Waals surface area contributed by atoms with Crippen molar-refractivity contribution in [3.05, 3.63) is 36.2 Å². The largest absolute Gasteiger partial charge is 0.383 e. The van der Waals surface area contributed by atoms with E-state index in [4.69, 9.17) is 9.47 Å². The van der Waals surface area contributed by atoms with Gasteiger partial charge in [-0.25, -0.2) is 14.6 Å². The van der Waals surface area contributed by atoms with Crippen LogP contribution in [0.1, 0.15) is 17.5 Å². The molecule has 0 N–H and O–H groups in total. The van der Waals surface area contributed by atoms with E-state index in [0.29, 0.717) is 32.1 Å². The molecule has 0 aromatic carbocycles. The molecule has 1 unspecified atom stereocenters. The topological polar surface area (TPSA) is 109 Å². The smallest absolute Gasteiger partial charge is 0.205 e. The Labute approximate surface area is 155 Å². The molecular weight excluding hydrogens is 350 g/mol. The second kappa shape index (κ2) is 7.76. The molecule has 1 atom stereocenters. The molecule has 27 heavy (non-hydrogen) atoms. The molecule has 1 fully saturated rings. The van der Waals surface area contributed by atoms with Crippen molar-refractivity contribution in [2.45, 2.75) is 19.6 Å². The number of hydrogen-bond acceptors (Lipinski definition) is 9. The van der Waals surface area contributed by atoms with Gasteiger partial charge in [0.25, 0.3) is 0 Å². The van der Waals surface area contributed by atoms with Crippen molar-refractivity contribution in [1.29, 1.82) is 0 Å². The second-order valence-electron chi connectivity index (χ2n) is 6.24. The quantitative estimate of drug-likeness (QED) is 0.599. The van der Waals surface area contributed by atoms with Gasteiger partial charge in [0.05, 0.1) is 32.5 Å². The van der Waals surface area contributed by atoms with Gasteiger partial charge in [-0.15, -0.1) is 10.2 Å². The van der Waals surface area contributed by atoms with Crippen LogP contribution in [0.3, 0.4) is 0 Å². The molecule has 0 amide bonds. The zero-order valence-corrected chi connectivity index (χ0v) is 15.3. The zero-order chi connectivity index (χ0) is 18.6. The number of hydrogen-bond donors (Lipinski definition) is 0. The minimum absolute atomic E-state index is 0.264. The first-order valence-electron chi connectivity index (χ1n) is 8.70. The summed E-state index contributed by atoms with van der Waals surface area (Å²) in [6, 6.07) is 1.91. The molecular formula is C16H21N9O2. The Morgan fingerprint density at radius 1 is 1.30 bits per heavy atom. The summed E-state index contributed by atoms with van der Waals surface area (Å²) in [4.78, 5) is 12.4. The maximum Gasteiger partial charge on any atom is 0.205 e. The summed E-state index contributed by atoms with van der Waals surface area (Å²) in [7, 11) is 1.64. The zero-order valence-electron chi connectivity index (χ0n) is 15.3. The van der Waals surface area contributed by atoms with Crippen LogP contribution in [0, 0.1) is 6.92 Å². The van der Waals surface area contributed by atoms with Crippen molar-refractivity contribution in [2.75, 3.05) is 38.3 Å². The molecule has 4 rings (SSSR count). The summed E-state index contributed by atoms with van der Waals surface area (Å²) in [5, 5.41) is 16.8. The third kappa shape index (κ3) is 3.93. The van der Waals surface area contributed by atoms with E-state index in [0.717, 1.165) is 23.7 Å². The van der Waals surface area contributed by atoms with Crippen LogP contribution in [0.2, 0.25) is 0 Å². The maximum absolute atomic E-state index is 5.84. The highest BCUT2D eigenvalue weighted by molar-refractivity contribution is 5.44. The van der Waals surface area contributed by atoms with Gasteiger partial charge in [0.15, 0.2) is 5.82 Å². The number of nitrogens with zero attached hydrogens (tertiary/aromatic N) is 9. The fraction of sp³-hybridized carbons (Fsp3) is 0.500. The van der Waals surface area contributed by atoms with Gasteiger partial charge in [-0.3, -0.25) is 0 Å². The van der Waals surface area contributed by atoms with E-state index in [1.807, 2.05) is 19.2 Å². The number of aryl methyl sites for hydroxylation is 1. The Bertz CT molecular complexity index is 893. The third-order valence-corrected chi connectivity index (χ3v) is 4.23. The highest BCUT2D eigenvalue weighted by atomic mass is 16.5. The number of morpholine rings is 1. The lowest BCUT2D eigenvalue weighted by molar-refractivity contribution is 0.0334. The van der Waals surface area contributed by atoms with Crippen molar-refractivity contribution in [2.24, 2.45) is 0 Å². The summed E-state index contributed by atoms with van der Waals surface area (Å²) in [5.41, 5.74) is 1.07. The number of rotatable bonds is 6. The molecule has 142 valence electrons. The van der Waals surface area contributed by atoms with Gasteiger partial charge < -0.3 is 14.4 Å². The molecule has 0 aliphatic carbocycles. The van der Waals surface area contributed by atoms with Crippen LogP contribution in [0.25, 0.3) is 5.82 Å². The van der Waals surface area contributed by atoms with Gasteiger partial charge in [-0.2, -0.15) is 9.90 Å². The van der Waals surface area contributed by atoms with Gasteiger partial charge >= 0.3 is 0 Å². The fourth-order valence-corrected chi connectivity index (χ4v) is 2.84. The van der Waals surface area contributed by atoms with Gasteiger partial charge in [-0.05, 0) is 17.7 Å². The molecule has 3 aromatic rings. The second-order valence-corrected chi connectivity index (χ2v) is 6.24. The molecule has 4 heterocycles. The summed E-state index contributed by atoms with van der Waals surface area (Å²) in [6.07, 6.45) is 5.01. The van der Waals surface area contributed by atoms with E-state index in [-0.39, 0.29) is 6.10 Å². The number of tetrazole rings is 1. The molecule has 0 bridgehead atoms. The van der Waals surface area contributed by atoms with Crippen molar-refractivity contribution in [3.63, 3.8) is 0 Å². The average molecular weight is 371 g/mol. The SMILES string of the molecule is COCCn1nnc(C2CN(c3cc(-n4cc(C)cn4)ncn3)CCO2)n1. The van der Waals surface area contributed by atoms with E-state index in [2.05, 4.69) is 35.4 Å². The standard InChI is InChI=1S/C16H21N9O2/c1-12-8-19-24(9-12)15-7-14(17-11-18-15)23-3-6-27-13(10-23)16-20-22-25(21-16)4-5-26-2/h7-9,11,13H,3-6,10H2,1-2H3. The van der Waals surface area contributed by atoms with E-state index < -0.39 is 0 Å². The highest BCUT2D eigenvalue weighted by Crippen LogP contribution is 2.23. The van der Waals surface area contributed by atoms with E-state index in [1.165, 1.54) is 4.80 Å². The van der Waals surface area contributed by atoms with Crippen molar-refractivity contribution >= 4 is 5.82 Å². The minimum Gasteiger partial charge on any atom is -0.383 e. The van der Waals surface area contributed by atoms with Crippen molar-refractivity contribution in [1.82, 2.24) is 40.0 Å². The van der Waals surface area contributed by atoms with E-state index >= 15 is 0 Å². The monoisotopic (exact) mass is 371 g/mol. The Morgan fingerprint density at radius 2 is 2.19 bits per heavy atom. The first kappa shape index (κ1) is 17.5. The van der Waals surface area contributed by atoms with Crippen LogP contribution in [0.5, 0.6) is 0 Å². The summed E-state index contributed by atoms with van der Waals surface area (Å²) >= 11 is 0. The van der Waals surface area contributed by atoms with E-state index in [9.17, 15) is 0 Å². The lowest BCUT2D eigenvalue weighted by Crippen LogP contribution is -2.39. The van der Waals surface area contributed by atoms with Gasteiger partial charge in [0, 0.05) is 25.9 Å². The summed E-state index contributed by atoms with van der Waals surface area (Å²) in [6.45, 7) is 4.94. The lowest BCUT2D eigenvalue weighted by Gasteiger charge is -2.32. The predicted octanol–water partition coefficient (Wildman–Crippen LogP) is 0.182. The molecule has 0 spiro atoms. The molecule has 0 radical (unpaired) electrons. The maximum atomic E-state index is 5.84. The fourth-order valence-electron chi connectivity index (χ4n) is 2.84. The summed E-state index contributed by atoms with van der Waals surface area (Å²) < 4.78 is 12.6. The number of aromatic nitrogens is 8. The normalized spacial score (nSPS) is 17.4. The Morgan fingerprint density at radius 3 is 3.00 bits per heavy atom. The van der Waals surface area contributed by atoms with Crippen LogP contribution in [-0.2, 0) is 16.0 Å². The number of methoxy groups -OCH3 is 1. The van der Waals surface area contributed by atoms with Crippen molar-refractivity contribution in [3.8, 4) is 5.82 Å². The first-order chi connectivity index (χ1) is 13.2. The first-order valence-corrected chi connectivity index (χ1v) is 8.70. The van der Waals surface area contributed by atoms with Crippen LogP contribution in [-0.4, -0.2) is 73.4 Å². The third-order valence-electron chi connectivity index (χ3n) is 4.23. The minimum atomic E-state index is -0.264.